The molecule has 0 aliphatic rings. The third kappa shape index (κ3) is 4.58. The molecule has 4 rings (SSSR count). The molecule has 0 aliphatic heterocycles. The number of halogens is 1. The number of amides is 1. The summed E-state index contributed by atoms with van der Waals surface area (Å²) in [6, 6.07) is 6.04. The first-order chi connectivity index (χ1) is 16.3. The zero-order chi connectivity index (χ0) is 24.4. The van der Waals surface area contributed by atoms with Crippen molar-refractivity contribution in [1.29, 1.82) is 0 Å². The minimum absolute atomic E-state index is 0.277. The van der Waals surface area contributed by atoms with Gasteiger partial charge in [0.1, 0.15) is 23.0 Å². The Labute approximate surface area is 200 Å². The fourth-order valence-corrected chi connectivity index (χ4v) is 3.53. The minimum atomic E-state index is -0.740. The molecule has 176 valence electrons. The summed E-state index contributed by atoms with van der Waals surface area (Å²) in [5.41, 5.74) is 1.96. The van der Waals surface area contributed by atoms with Crippen molar-refractivity contribution in [2.45, 2.75) is 32.9 Å². The van der Waals surface area contributed by atoms with Crippen molar-refractivity contribution < 1.29 is 19.1 Å². The molecule has 1 atom stereocenters. The van der Waals surface area contributed by atoms with E-state index in [9.17, 15) is 9.59 Å². The van der Waals surface area contributed by atoms with Gasteiger partial charge in [-0.05, 0) is 45.0 Å². The molecule has 4 aromatic rings. The van der Waals surface area contributed by atoms with Crippen LogP contribution in [0.25, 0.3) is 16.9 Å². The Morgan fingerprint density at radius 1 is 1.21 bits per heavy atom. The van der Waals surface area contributed by atoms with Gasteiger partial charge >= 0.3 is 5.97 Å². The van der Waals surface area contributed by atoms with Gasteiger partial charge in [-0.25, -0.2) is 14.3 Å². The van der Waals surface area contributed by atoms with Gasteiger partial charge in [0.25, 0.3) is 5.91 Å². The molecule has 0 bridgehead atoms. The van der Waals surface area contributed by atoms with E-state index in [2.05, 4.69) is 20.5 Å². The second kappa shape index (κ2) is 9.52. The quantitative estimate of drug-likeness (QED) is 0.396. The van der Waals surface area contributed by atoms with Crippen LogP contribution >= 0.6 is 11.6 Å². The molecule has 0 fully saturated rings. The topological polar surface area (TPSA) is 113 Å². The minimum Gasteiger partial charge on any atom is -0.496 e. The molecule has 0 radical (unpaired) electrons. The van der Waals surface area contributed by atoms with Crippen LogP contribution in [0.4, 0.5) is 5.69 Å². The average Bonchev–Trinajstić information content (AvgIpc) is 3.42. The fourth-order valence-electron chi connectivity index (χ4n) is 3.36. The number of benzene rings is 1. The van der Waals surface area contributed by atoms with Crippen LogP contribution in [0.3, 0.4) is 0 Å². The number of carbonyl (C=O) groups excluding carboxylic acids is 2. The van der Waals surface area contributed by atoms with Crippen molar-refractivity contribution in [3.05, 3.63) is 59.6 Å². The number of rotatable bonds is 7. The van der Waals surface area contributed by atoms with Crippen LogP contribution in [0.5, 0.6) is 5.75 Å². The lowest BCUT2D eigenvalue weighted by atomic mass is 10.1. The molecule has 3 aromatic heterocycles. The number of anilines is 1. The first-order valence-corrected chi connectivity index (χ1v) is 10.9. The van der Waals surface area contributed by atoms with Crippen molar-refractivity contribution in [3.8, 4) is 17.0 Å². The predicted octanol–water partition coefficient (Wildman–Crippen LogP) is 4.02. The summed E-state index contributed by atoms with van der Waals surface area (Å²) >= 11 is 6.23. The second-order valence-corrected chi connectivity index (χ2v) is 8.21. The smallest absolute Gasteiger partial charge is 0.330 e. The number of nitrogens with one attached hydrogen (secondary N) is 1. The van der Waals surface area contributed by atoms with Crippen LogP contribution in [0, 0.1) is 0 Å². The van der Waals surface area contributed by atoms with Gasteiger partial charge in [-0.1, -0.05) is 11.6 Å². The highest BCUT2D eigenvalue weighted by molar-refractivity contribution is 6.31. The summed E-state index contributed by atoms with van der Waals surface area (Å²) in [7, 11) is 1.52. The molecule has 1 N–H and O–H groups in total. The Morgan fingerprint density at radius 2 is 2.00 bits per heavy atom. The molecular formula is C23H23ClN6O4. The van der Waals surface area contributed by atoms with Gasteiger partial charge in [0.15, 0.2) is 5.65 Å². The van der Waals surface area contributed by atoms with Crippen LogP contribution < -0.4 is 10.1 Å². The van der Waals surface area contributed by atoms with E-state index in [0.717, 1.165) is 0 Å². The van der Waals surface area contributed by atoms with E-state index >= 15 is 0 Å². The molecule has 1 amide bonds. The van der Waals surface area contributed by atoms with Gasteiger partial charge in [-0.15, -0.1) is 0 Å². The lowest BCUT2D eigenvalue weighted by molar-refractivity contribution is -0.151. The van der Waals surface area contributed by atoms with E-state index in [0.29, 0.717) is 33.4 Å². The van der Waals surface area contributed by atoms with E-state index in [1.54, 1.807) is 63.6 Å². The molecule has 34 heavy (non-hydrogen) atoms. The number of carbonyl (C=O) groups is 2. The van der Waals surface area contributed by atoms with Gasteiger partial charge in [-0.3, -0.25) is 9.48 Å². The maximum atomic E-state index is 13.2. The third-order valence-corrected chi connectivity index (χ3v) is 5.25. The highest BCUT2D eigenvalue weighted by atomic mass is 35.5. The standard InChI is InChI=1S/C23H23ClN6O4/c1-13(2)34-23(32)14(3)30-12-18(20(28-30)16-10-15(24)6-7-19(16)33-4)27-22(31)17-11-26-29-9-5-8-25-21(17)29/h5-14H,1-4H3,(H,27,31). The van der Waals surface area contributed by atoms with Gasteiger partial charge in [0, 0.05) is 23.0 Å². The van der Waals surface area contributed by atoms with Gasteiger partial charge in [-0.2, -0.15) is 10.2 Å². The molecule has 0 saturated carbocycles. The maximum absolute atomic E-state index is 13.2. The van der Waals surface area contributed by atoms with E-state index in [-0.39, 0.29) is 11.7 Å². The molecule has 1 aromatic carbocycles. The van der Waals surface area contributed by atoms with Gasteiger partial charge < -0.3 is 14.8 Å². The summed E-state index contributed by atoms with van der Waals surface area (Å²) in [5.74, 6) is -0.389. The largest absolute Gasteiger partial charge is 0.496 e. The third-order valence-electron chi connectivity index (χ3n) is 5.01. The van der Waals surface area contributed by atoms with Crippen LogP contribution in [0.1, 0.15) is 37.2 Å². The van der Waals surface area contributed by atoms with Crippen LogP contribution in [-0.4, -0.2) is 49.5 Å². The summed E-state index contributed by atoms with van der Waals surface area (Å²) in [6.45, 7) is 5.20. The zero-order valence-electron chi connectivity index (χ0n) is 19.0. The number of nitrogens with zero attached hydrogens (tertiary/aromatic N) is 5. The number of hydrogen-bond donors (Lipinski definition) is 1. The summed E-state index contributed by atoms with van der Waals surface area (Å²) in [6.07, 6.45) is 6.00. The molecule has 3 heterocycles. The van der Waals surface area contributed by atoms with Crippen LogP contribution in [-0.2, 0) is 9.53 Å². The monoisotopic (exact) mass is 482 g/mol. The highest BCUT2D eigenvalue weighted by Gasteiger charge is 2.25. The molecule has 0 spiro atoms. The summed E-state index contributed by atoms with van der Waals surface area (Å²) < 4.78 is 13.7. The van der Waals surface area contributed by atoms with Crippen molar-refractivity contribution >= 4 is 34.8 Å². The highest BCUT2D eigenvalue weighted by Crippen LogP contribution is 2.37. The maximum Gasteiger partial charge on any atom is 0.330 e. The van der Waals surface area contributed by atoms with Crippen molar-refractivity contribution in [3.63, 3.8) is 0 Å². The van der Waals surface area contributed by atoms with Crippen molar-refractivity contribution in [2.24, 2.45) is 0 Å². The number of esters is 1. The predicted molar refractivity (Wildman–Crippen MR) is 126 cm³/mol. The number of aromatic nitrogens is 5. The number of ether oxygens (including phenoxy) is 2. The lowest BCUT2D eigenvalue weighted by Gasteiger charge is -2.14. The molecule has 0 aliphatic carbocycles. The van der Waals surface area contributed by atoms with Crippen LogP contribution in [0.15, 0.2) is 49.1 Å². The zero-order valence-corrected chi connectivity index (χ0v) is 19.8. The Kier molecular flexibility index (Phi) is 6.51. The Balaban J connectivity index is 1.77. The number of fused-ring (bicyclic) bond motifs is 1. The fraction of sp³-hybridized carbons (Fsp3) is 0.261. The summed E-state index contributed by atoms with van der Waals surface area (Å²) in [5, 5.41) is 12.1. The average molecular weight is 483 g/mol. The van der Waals surface area contributed by atoms with Crippen molar-refractivity contribution in [1.82, 2.24) is 24.4 Å². The molecule has 11 heteroatoms. The van der Waals surface area contributed by atoms with E-state index in [1.807, 2.05) is 0 Å². The summed E-state index contributed by atoms with van der Waals surface area (Å²) in [4.78, 5) is 29.9. The van der Waals surface area contributed by atoms with E-state index in [1.165, 1.54) is 22.5 Å². The van der Waals surface area contributed by atoms with E-state index in [4.69, 9.17) is 21.1 Å². The molecular weight excluding hydrogens is 460 g/mol. The second-order valence-electron chi connectivity index (χ2n) is 7.78. The van der Waals surface area contributed by atoms with Gasteiger partial charge in [0.2, 0.25) is 0 Å². The van der Waals surface area contributed by atoms with E-state index < -0.39 is 17.9 Å². The first-order valence-electron chi connectivity index (χ1n) is 10.5. The van der Waals surface area contributed by atoms with Crippen molar-refractivity contribution in [2.75, 3.05) is 12.4 Å². The number of methoxy groups -OCH3 is 1. The molecule has 1 unspecified atom stereocenters. The number of hydrogen-bond acceptors (Lipinski definition) is 7. The lowest BCUT2D eigenvalue weighted by Crippen LogP contribution is -2.22. The Hall–Kier alpha value is -3.92. The Morgan fingerprint density at radius 3 is 2.74 bits per heavy atom. The Bertz CT molecular complexity index is 1360. The SMILES string of the molecule is COc1ccc(Cl)cc1-c1nn(C(C)C(=O)OC(C)C)cc1NC(=O)c1cnn2cccnc12. The normalized spacial score (nSPS) is 12.1. The van der Waals surface area contributed by atoms with Gasteiger partial charge in [0.05, 0.1) is 31.3 Å². The molecule has 0 saturated heterocycles. The molecule has 10 nitrogen and oxygen atoms in total. The van der Waals surface area contributed by atoms with Crippen LogP contribution in [0.2, 0.25) is 5.02 Å². The first kappa shape index (κ1) is 23.2.